The van der Waals surface area contributed by atoms with Crippen LogP contribution in [0.25, 0.3) is 0 Å². The van der Waals surface area contributed by atoms with Crippen LogP contribution in [0.4, 0.5) is 11.4 Å². The maximum absolute atomic E-state index is 12.3. The number of carbonyl (C=O) groups excluding carboxylic acids is 1. The number of hydrogen-bond donors (Lipinski definition) is 1. The number of carbonyl (C=O) groups is 1. The number of nitrogen functional groups attached to an aromatic ring is 1. The van der Waals surface area contributed by atoms with Gasteiger partial charge in [0.1, 0.15) is 0 Å². The Kier molecular flexibility index (Phi) is 2.35. The highest BCUT2D eigenvalue weighted by molar-refractivity contribution is 5.98. The predicted molar refractivity (Wildman–Crippen MR) is 68.8 cm³/mol. The zero-order valence-corrected chi connectivity index (χ0v) is 10.1. The fourth-order valence-electron chi connectivity index (χ4n) is 2.71. The first-order chi connectivity index (χ1) is 8.16. The molecule has 1 heterocycles. The first kappa shape index (κ1) is 10.6. The van der Waals surface area contributed by atoms with Crippen molar-refractivity contribution in [2.45, 2.75) is 26.2 Å². The normalized spacial score (nSPS) is 26.5. The van der Waals surface area contributed by atoms with Crippen molar-refractivity contribution in [3.8, 4) is 0 Å². The van der Waals surface area contributed by atoms with Crippen molar-refractivity contribution >= 4 is 17.3 Å². The molecule has 1 aromatic rings. The Morgan fingerprint density at radius 2 is 2.24 bits per heavy atom. The van der Waals surface area contributed by atoms with E-state index in [1.165, 1.54) is 5.56 Å². The summed E-state index contributed by atoms with van der Waals surface area (Å²) < 4.78 is 0. The average Bonchev–Trinajstić information content (AvgIpc) is 3.04. The average molecular weight is 230 g/mol. The topological polar surface area (TPSA) is 46.3 Å². The smallest absolute Gasteiger partial charge is 0.230 e. The van der Waals surface area contributed by atoms with Gasteiger partial charge < -0.3 is 10.6 Å². The van der Waals surface area contributed by atoms with Gasteiger partial charge in [-0.2, -0.15) is 0 Å². The molecule has 2 aliphatic rings. The Hall–Kier alpha value is -1.51. The van der Waals surface area contributed by atoms with Crippen LogP contribution in [0, 0.1) is 11.8 Å². The zero-order valence-electron chi connectivity index (χ0n) is 10.1. The number of nitrogens with two attached hydrogens (primary N) is 1. The molecule has 0 aromatic heterocycles. The van der Waals surface area contributed by atoms with Gasteiger partial charge in [0.15, 0.2) is 0 Å². The van der Waals surface area contributed by atoms with E-state index in [1.54, 1.807) is 0 Å². The van der Waals surface area contributed by atoms with Crippen molar-refractivity contribution in [3.63, 3.8) is 0 Å². The van der Waals surface area contributed by atoms with Gasteiger partial charge in [-0.25, -0.2) is 0 Å². The number of nitrogens with zero attached hydrogens (tertiary/aromatic N) is 1. The maximum Gasteiger partial charge on any atom is 0.230 e. The number of anilines is 2. The lowest BCUT2D eigenvalue weighted by molar-refractivity contribution is -0.120. The molecule has 0 saturated heterocycles. The van der Waals surface area contributed by atoms with Crippen LogP contribution in [-0.2, 0) is 11.2 Å². The van der Waals surface area contributed by atoms with Crippen LogP contribution in [0.15, 0.2) is 18.2 Å². The van der Waals surface area contributed by atoms with E-state index in [2.05, 4.69) is 6.92 Å². The largest absolute Gasteiger partial charge is 0.399 e. The summed E-state index contributed by atoms with van der Waals surface area (Å²) in [7, 11) is 0. The van der Waals surface area contributed by atoms with Crippen molar-refractivity contribution in [1.29, 1.82) is 0 Å². The van der Waals surface area contributed by atoms with E-state index in [9.17, 15) is 4.79 Å². The summed E-state index contributed by atoms with van der Waals surface area (Å²) >= 11 is 0. The van der Waals surface area contributed by atoms with Crippen LogP contribution < -0.4 is 10.6 Å². The van der Waals surface area contributed by atoms with Gasteiger partial charge >= 0.3 is 0 Å². The SMILES string of the molecule is CC1CC1C(=O)N1CCCc2cc(N)ccc21. The molecule has 1 saturated carbocycles. The molecule has 1 amide bonds. The number of aryl methyl sites for hydroxylation is 1. The quantitative estimate of drug-likeness (QED) is 0.752. The number of hydrogen-bond acceptors (Lipinski definition) is 2. The lowest BCUT2D eigenvalue weighted by atomic mass is 10.0. The molecular formula is C14H18N2O. The predicted octanol–water partition coefficient (Wildman–Crippen LogP) is 2.20. The molecule has 3 nitrogen and oxygen atoms in total. The molecule has 0 spiro atoms. The minimum Gasteiger partial charge on any atom is -0.399 e. The summed E-state index contributed by atoms with van der Waals surface area (Å²) in [5.41, 5.74) is 8.88. The summed E-state index contributed by atoms with van der Waals surface area (Å²) in [6.45, 7) is 3.01. The molecule has 90 valence electrons. The van der Waals surface area contributed by atoms with Crippen molar-refractivity contribution < 1.29 is 4.79 Å². The van der Waals surface area contributed by atoms with E-state index in [-0.39, 0.29) is 5.92 Å². The van der Waals surface area contributed by atoms with Gasteiger partial charge in [0, 0.05) is 23.8 Å². The monoisotopic (exact) mass is 230 g/mol. The molecule has 0 bridgehead atoms. The minimum atomic E-state index is 0.263. The first-order valence-electron chi connectivity index (χ1n) is 6.36. The molecule has 1 aromatic carbocycles. The summed E-state index contributed by atoms with van der Waals surface area (Å²) in [5.74, 6) is 1.14. The van der Waals surface area contributed by atoms with E-state index in [0.29, 0.717) is 11.8 Å². The minimum absolute atomic E-state index is 0.263. The van der Waals surface area contributed by atoms with E-state index < -0.39 is 0 Å². The van der Waals surface area contributed by atoms with Gasteiger partial charge in [0.05, 0.1) is 0 Å². The van der Waals surface area contributed by atoms with Gasteiger partial charge in [0.2, 0.25) is 5.91 Å². The summed E-state index contributed by atoms with van der Waals surface area (Å²) in [6.07, 6.45) is 3.13. The molecule has 3 heteroatoms. The van der Waals surface area contributed by atoms with E-state index in [4.69, 9.17) is 5.73 Å². The summed E-state index contributed by atoms with van der Waals surface area (Å²) in [6, 6.07) is 5.89. The Morgan fingerprint density at radius 1 is 1.47 bits per heavy atom. The van der Waals surface area contributed by atoms with Gasteiger partial charge in [-0.05, 0) is 48.9 Å². The Balaban J connectivity index is 1.91. The molecule has 17 heavy (non-hydrogen) atoms. The highest BCUT2D eigenvalue weighted by atomic mass is 16.2. The lowest BCUT2D eigenvalue weighted by Gasteiger charge is -2.30. The van der Waals surface area contributed by atoms with E-state index in [1.807, 2.05) is 23.1 Å². The fraction of sp³-hybridized carbons (Fsp3) is 0.500. The second-order valence-corrected chi connectivity index (χ2v) is 5.30. The van der Waals surface area contributed by atoms with Crippen LogP contribution >= 0.6 is 0 Å². The number of benzene rings is 1. The fourth-order valence-corrected chi connectivity index (χ4v) is 2.71. The van der Waals surface area contributed by atoms with E-state index >= 15 is 0 Å². The molecular weight excluding hydrogens is 212 g/mol. The molecule has 2 unspecified atom stereocenters. The Morgan fingerprint density at radius 3 is 2.94 bits per heavy atom. The Bertz CT molecular complexity index is 469. The first-order valence-corrected chi connectivity index (χ1v) is 6.36. The van der Waals surface area contributed by atoms with Crippen molar-refractivity contribution in [1.82, 2.24) is 0 Å². The summed E-state index contributed by atoms with van der Waals surface area (Å²) in [5, 5.41) is 0. The van der Waals surface area contributed by atoms with Crippen LogP contribution in [0.3, 0.4) is 0 Å². The Labute approximate surface area is 102 Å². The molecule has 1 aliphatic heterocycles. The number of rotatable bonds is 1. The molecule has 2 N–H and O–H groups in total. The van der Waals surface area contributed by atoms with Crippen molar-refractivity contribution in [3.05, 3.63) is 23.8 Å². The summed E-state index contributed by atoms with van der Waals surface area (Å²) in [4.78, 5) is 14.3. The second kappa shape index (κ2) is 3.76. The van der Waals surface area contributed by atoms with Gasteiger partial charge in [-0.3, -0.25) is 4.79 Å². The van der Waals surface area contributed by atoms with E-state index in [0.717, 1.165) is 37.2 Å². The molecule has 1 aliphatic carbocycles. The third-order valence-corrected chi connectivity index (χ3v) is 3.91. The van der Waals surface area contributed by atoms with Gasteiger partial charge in [0.25, 0.3) is 0 Å². The van der Waals surface area contributed by atoms with Crippen molar-refractivity contribution in [2.24, 2.45) is 11.8 Å². The molecule has 0 radical (unpaired) electrons. The zero-order chi connectivity index (χ0) is 12.0. The lowest BCUT2D eigenvalue weighted by Crippen LogP contribution is -2.36. The van der Waals surface area contributed by atoms with Gasteiger partial charge in [-0.15, -0.1) is 0 Å². The third-order valence-electron chi connectivity index (χ3n) is 3.91. The maximum atomic E-state index is 12.3. The molecule has 1 fully saturated rings. The standard InChI is InChI=1S/C14H18N2O/c1-9-7-12(9)14(17)16-6-2-3-10-8-11(15)4-5-13(10)16/h4-5,8-9,12H,2-3,6-7,15H2,1H3. The third kappa shape index (κ3) is 1.79. The van der Waals surface area contributed by atoms with Crippen LogP contribution in [0.2, 0.25) is 0 Å². The number of fused-ring (bicyclic) bond motifs is 1. The van der Waals surface area contributed by atoms with Crippen LogP contribution in [-0.4, -0.2) is 12.5 Å². The number of amides is 1. The highest BCUT2D eigenvalue weighted by Crippen LogP contribution is 2.41. The molecule has 2 atom stereocenters. The second-order valence-electron chi connectivity index (χ2n) is 5.30. The molecule has 3 rings (SSSR count). The highest BCUT2D eigenvalue weighted by Gasteiger charge is 2.42. The van der Waals surface area contributed by atoms with Crippen molar-refractivity contribution in [2.75, 3.05) is 17.2 Å². The van der Waals surface area contributed by atoms with Crippen LogP contribution in [0.5, 0.6) is 0 Å². The van der Waals surface area contributed by atoms with Gasteiger partial charge in [-0.1, -0.05) is 6.92 Å². The van der Waals surface area contributed by atoms with Crippen LogP contribution in [0.1, 0.15) is 25.3 Å².